The molecule has 0 aromatic heterocycles. The summed E-state index contributed by atoms with van der Waals surface area (Å²) >= 11 is 5.84. The number of anilines is 1. The van der Waals surface area contributed by atoms with E-state index in [1.165, 1.54) is 6.92 Å². The van der Waals surface area contributed by atoms with Gasteiger partial charge in [0.25, 0.3) is 5.91 Å². The summed E-state index contributed by atoms with van der Waals surface area (Å²) in [7, 11) is 0. The van der Waals surface area contributed by atoms with Crippen LogP contribution in [0.4, 0.5) is 5.69 Å². The van der Waals surface area contributed by atoms with Gasteiger partial charge in [-0.15, -0.1) is 0 Å². The van der Waals surface area contributed by atoms with E-state index in [0.717, 1.165) is 11.3 Å². The number of halogens is 1. The molecule has 1 heterocycles. The van der Waals surface area contributed by atoms with Crippen LogP contribution in [-0.4, -0.2) is 25.0 Å². The molecule has 1 aliphatic rings. The molecule has 2 amide bonds. The van der Waals surface area contributed by atoms with Crippen molar-refractivity contribution in [1.29, 1.82) is 0 Å². The molecule has 0 aliphatic carbocycles. The Balaban J connectivity index is 1.70. The second-order valence-electron chi connectivity index (χ2n) is 5.48. The fraction of sp³-hybridized carbons (Fsp3) is 0.222. The van der Waals surface area contributed by atoms with Gasteiger partial charge in [-0.2, -0.15) is 0 Å². The number of hydrogen-bond acceptors (Lipinski definition) is 3. The van der Waals surface area contributed by atoms with E-state index >= 15 is 0 Å². The topological polar surface area (TPSA) is 58.6 Å². The van der Waals surface area contributed by atoms with Gasteiger partial charge in [-0.25, -0.2) is 0 Å². The lowest BCUT2D eigenvalue weighted by atomic mass is 10.1. The molecule has 5 nitrogen and oxygen atoms in total. The van der Waals surface area contributed by atoms with Gasteiger partial charge in [0.2, 0.25) is 5.91 Å². The van der Waals surface area contributed by atoms with Crippen molar-refractivity contribution >= 4 is 29.1 Å². The minimum absolute atomic E-state index is 0.147. The fourth-order valence-electron chi connectivity index (χ4n) is 2.74. The molecule has 24 heavy (non-hydrogen) atoms. The van der Waals surface area contributed by atoms with Gasteiger partial charge in [0, 0.05) is 23.2 Å². The van der Waals surface area contributed by atoms with E-state index in [9.17, 15) is 9.59 Å². The number of rotatable bonds is 5. The molecule has 0 radical (unpaired) electrons. The third-order valence-electron chi connectivity index (χ3n) is 3.80. The number of nitrogens with zero attached hydrogens (tertiary/aromatic N) is 1. The largest absolute Gasteiger partial charge is 0.492 e. The van der Waals surface area contributed by atoms with Gasteiger partial charge in [0.1, 0.15) is 18.4 Å². The number of benzene rings is 2. The SMILES string of the molecule is CC(=O)NC1C(=O)N(CCOc2ccc(Cl)cc2)c2ccccc21. The average Bonchev–Trinajstić information content (AvgIpc) is 2.82. The van der Waals surface area contributed by atoms with Gasteiger partial charge in [-0.05, 0) is 30.3 Å². The van der Waals surface area contributed by atoms with E-state index in [4.69, 9.17) is 16.3 Å². The second-order valence-corrected chi connectivity index (χ2v) is 5.92. The molecular formula is C18H17ClN2O3. The van der Waals surface area contributed by atoms with Crippen molar-refractivity contribution in [2.75, 3.05) is 18.1 Å². The molecule has 124 valence electrons. The number of carbonyl (C=O) groups is 2. The van der Waals surface area contributed by atoms with E-state index in [1.54, 1.807) is 29.2 Å². The minimum Gasteiger partial charge on any atom is -0.492 e. The van der Waals surface area contributed by atoms with Crippen LogP contribution in [0.25, 0.3) is 0 Å². The normalized spacial score (nSPS) is 16.0. The van der Waals surface area contributed by atoms with Crippen LogP contribution >= 0.6 is 11.6 Å². The molecule has 0 fully saturated rings. The minimum atomic E-state index is -0.630. The standard InChI is InChI=1S/C18H17ClN2O3/c1-12(22)20-17-15-4-2-3-5-16(15)21(18(17)23)10-11-24-14-8-6-13(19)7-9-14/h2-9,17H,10-11H2,1H3,(H,20,22). The van der Waals surface area contributed by atoms with Crippen LogP contribution in [0.3, 0.4) is 0 Å². The van der Waals surface area contributed by atoms with Crippen molar-refractivity contribution in [1.82, 2.24) is 5.32 Å². The predicted octanol–water partition coefficient (Wildman–Crippen LogP) is 2.94. The molecule has 0 bridgehead atoms. The Hall–Kier alpha value is -2.53. The maximum absolute atomic E-state index is 12.6. The van der Waals surface area contributed by atoms with E-state index in [0.29, 0.717) is 23.9 Å². The van der Waals surface area contributed by atoms with E-state index in [-0.39, 0.29) is 11.8 Å². The van der Waals surface area contributed by atoms with Gasteiger partial charge in [-0.3, -0.25) is 9.59 Å². The van der Waals surface area contributed by atoms with Crippen molar-refractivity contribution in [3.63, 3.8) is 0 Å². The smallest absolute Gasteiger partial charge is 0.254 e. The van der Waals surface area contributed by atoms with Crippen molar-refractivity contribution in [3.05, 3.63) is 59.1 Å². The highest BCUT2D eigenvalue weighted by molar-refractivity contribution is 6.30. The van der Waals surface area contributed by atoms with E-state index in [1.807, 2.05) is 24.3 Å². The zero-order valence-corrected chi connectivity index (χ0v) is 13.9. The Morgan fingerprint density at radius 1 is 1.21 bits per heavy atom. The van der Waals surface area contributed by atoms with Crippen molar-refractivity contribution in [2.24, 2.45) is 0 Å². The summed E-state index contributed by atoms with van der Waals surface area (Å²) in [6.07, 6.45) is 0. The number of nitrogens with one attached hydrogen (secondary N) is 1. The monoisotopic (exact) mass is 344 g/mol. The number of para-hydroxylation sites is 1. The van der Waals surface area contributed by atoms with Gasteiger partial charge in [0.05, 0.1) is 6.54 Å². The lowest BCUT2D eigenvalue weighted by molar-refractivity contribution is -0.126. The van der Waals surface area contributed by atoms with Crippen LogP contribution in [0.1, 0.15) is 18.5 Å². The summed E-state index contributed by atoms with van der Waals surface area (Å²) < 4.78 is 5.66. The first-order valence-corrected chi connectivity index (χ1v) is 8.00. The molecule has 1 N–H and O–H groups in total. The third-order valence-corrected chi connectivity index (χ3v) is 4.05. The van der Waals surface area contributed by atoms with Crippen LogP contribution < -0.4 is 15.0 Å². The number of hydrogen-bond donors (Lipinski definition) is 1. The lowest BCUT2D eigenvalue weighted by Crippen LogP contribution is -2.38. The van der Waals surface area contributed by atoms with Crippen LogP contribution in [0.15, 0.2) is 48.5 Å². The highest BCUT2D eigenvalue weighted by atomic mass is 35.5. The van der Waals surface area contributed by atoms with Gasteiger partial charge < -0.3 is 15.0 Å². The first-order chi connectivity index (χ1) is 11.6. The molecule has 1 unspecified atom stereocenters. The number of carbonyl (C=O) groups excluding carboxylic acids is 2. The maximum atomic E-state index is 12.6. The number of amides is 2. The summed E-state index contributed by atoms with van der Waals surface area (Å²) in [5.74, 6) is 0.311. The van der Waals surface area contributed by atoms with Gasteiger partial charge in [0.15, 0.2) is 0 Å². The Morgan fingerprint density at radius 3 is 2.62 bits per heavy atom. The molecule has 2 aromatic carbocycles. The molecule has 6 heteroatoms. The van der Waals surface area contributed by atoms with E-state index in [2.05, 4.69) is 5.32 Å². The molecule has 0 saturated heterocycles. The maximum Gasteiger partial charge on any atom is 0.254 e. The van der Waals surface area contributed by atoms with Gasteiger partial charge in [-0.1, -0.05) is 29.8 Å². The Labute approximate surface area is 145 Å². The van der Waals surface area contributed by atoms with Crippen molar-refractivity contribution in [3.8, 4) is 5.75 Å². The van der Waals surface area contributed by atoms with Crippen LogP contribution in [-0.2, 0) is 9.59 Å². The summed E-state index contributed by atoms with van der Waals surface area (Å²) in [5.41, 5.74) is 1.62. The molecule has 1 atom stereocenters. The first-order valence-electron chi connectivity index (χ1n) is 7.62. The average molecular weight is 345 g/mol. The van der Waals surface area contributed by atoms with Crippen molar-refractivity contribution < 1.29 is 14.3 Å². The Morgan fingerprint density at radius 2 is 1.92 bits per heavy atom. The Bertz CT molecular complexity index is 761. The van der Waals surface area contributed by atoms with Gasteiger partial charge >= 0.3 is 0 Å². The summed E-state index contributed by atoms with van der Waals surface area (Å²) in [5, 5.41) is 3.35. The Kier molecular flexibility index (Phi) is 4.71. The first kappa shape index (κ1) is 16.3. The lowest BCUT2D eigenvalue weighted by Gasteiger charge is -2.18. The number of ether oxygens (including phenoxy) is 1. The molecule has 0 saturated carbocycles. The summed E-state index contributed by atoms with van der Waals surface area (Å²) in [4.78, 5) is 25.6. The van der Waals surface area contributed by atoms with E-state index < -0.39 is 6.04 Å². The molecule has 3 rings (SSSR count). The zero-order chi connectivity index (χ0) is 17.1. The highest BCUT2D eigenvalue weighted by Gasteiger charge is 2.37. The summed E-state index contributed by atoms with van der Waals surface area (Å²) in [6.45, 7) is 2.14. The quantitative estimate of drug-likeness (QED) is 0.907. The fourth-order valence-corrected chi connectivity index (χ4v) is 2.87. The predicted molar refractivity (Wildman–Crippen MR) is 92.3 cm³/mol. The van der Waals surface area contributed by atoms with Crippen LogP contribution in [0, 0.1) is 0 Å². The third kappa shape index (κ3) is 3.36. The number of fused-ring (bicyclic) bond motifs is 1. The van der Waals surface area contributed by atoms with Crippen LogP contribution in [0.2, 0.25) is 5.02 Å². The van der Waals surface area contributed by atoms with Crippen LogP contribution in [0.5, 0.6) is 5.75 Å². The molecule has 2 aromatic rings. The van der Waals surface area contributed by atoms with Crippen molar-refractivity contribution in [2.45, 2.75) is 13.0 Å². The second kappa shape index (κ2) is 6.93. The molecular weight excluding hydrogens is 328 g/mol. The zero-order valence-electron chi connectivity index (χ0n) is 13.2. The molecule has 0 spiro atoms. The highest BCUT2D eigenvalue weighted by Crippen LogP contribution is 2.35. The molecule has 1 aliphatic heterocycles. The summed E-state index contributed by atoms with van der Waals surface area (Å²) in [6, 6.07) is 13.9.